The number of nitrogens with two attached hydrogens (primary N) is 1. The van der Waals surface area contributed by atoms with E-state index in [0.717, 1.165) is 29.3 Å². The maximum atomic E-state index is 12.1. The summed E-state index contributed by atoms with van der Waals surface area (Å²) in [4.78, 5) is 13.9. The minimum atomic E-state index is 0.0926. The zero-order valence-electron chi connectivity index (χ0n) is 9.86. The van der Waals surface area contributed by atoms with Crippen molar-refractivity contribution in [3.8, 4) is 0 Å². The second-order valence-corrected chi connectivity index (χ2v) is 4.70. The first-order valence-electron chi connectivity index (χ1n) is 5.69. The molecule has 16 heavy (non-hydrogen) atoms. The van der Waals surface area contributed by atoms with Crippen LogP contribution < -0.4 is 5.73 Å². The van der Waals surface area contributed by atoms with Gasteiger partial charge < -0.3 is 10.6 Å². The molecule has 3 heteroatoms. The maximum Gasteiger partial charge on any atom is 0.253 e. The summed E-state index contributed by atoms with van der Waals surface area (Å²) in [6.45, 7) is 2.80. The second kappa shape index (κ2) is 4.16. The van der Waals surface area contributed by atoms with Crippen LogP contribution in [0, 0.1) is 12.8 Å². The summed E-state index contributed by atoms with van der Waals surface area (Å²) in [5.41, 5.74) is 8.16. The number of nitrogen functional groups attached to an aromatic ring is 1. The highest BCUT2D eigenvalue weighted by Crippen LogP contribution is 2.29. The number of hydrogen-bond acceptors (Lipinski definition) is 2. The van der Waals surface area contributed by atoms with Crippen LogP contribution >= 0.6 is 0 Å². The van der Waals surface area contributed by atoms with E-state index < -0.39 is 0 Å². The molecule has 0 bridgehead atoms. The van der Waals surface area contributed by atoms with Crippen LogP contribution in [0.4, 0.5) is 5.69 Å². The van der Waals surface area contributed by atoms with Crippen LogP contribution in [0.3, 0.4) is 0 Å². The molecule has 1 aromatic carbocycles. The molecular weight excluding hydrogens is 200 g/mol. The molecule has 1 amide bonds. The summed E-state index contributed by atoms with van der Waals surface area (Å²) < 4.78 is 0. The molecule has 2 rings (SSSR count). The van der Waals surface area contributed by atoms with Gasteiger partial charge in [0.25, 0.3) is 5.91 Å². The molecule has 3 nitrogen and oxygen atoms in total. The molecule has 0 saturated heterocycles. The molecule has 0 aliphatic heterocycles. The maximum absolute atomic E-state index is 12.1. The second-order valence-electron chi connectivity index (χ2n) is 4.70. The van der Waals surface area contributed by atoms with Gasteiger partial charge in [-0.25, -0.2) is 0 Å². The number of nitrogens with zero attached hydrogens (tertiary/aromatic N) is 1. The Morgan fingerprint density at radius 2 is 2.19 bits per heavy atom. The molecule has 2 N–H and O–H groups in total. The van der Waals surface area contributed by atoms with E-state index in [2.05, 4.69) is 0 Å². The zero-order valence-corrected chi connectivity index (χ0v) is 9.86. The molecule has 1 aliphatic carbocycles. The molecule has 1 fully saturated rings. The van der Waals surface area contributed by atoms with Gasteiger partial charge in [-0.1, -0.05) is 0 Å². The number of anilines is 1. The highest BCUT2D eigenvalue weighted by Gasteiger charge is 2.25. The Bertz CT molecular complexity index is 410. The SMILES string of the molecule is Cc1cc(C(=O)N(C)CC2CC2)ccc1N. The van der Waals surface area contributed by atoms with Gasteiger partial charge in [-0.3, -0.25) is 4.79 Å². The van der Waals surface area contributed by atoms with Crippen molar-refractivity contribution in [1.82, 2.24) is 4.90 Å². The summed E-state index contributed by atoms with van der Waals surface area (Å²) in [5.74, 6) is 0.818. The van der Waals surface area contributed by atoms with Crippen molar-refractivity contribution >= 4 is 11.6 Å². The lowest BCUT2D eigenvalue weighted by molar-refractivity contribution is 0.0788. The van der Waals surface area contributed by atoms with Gasteiger partial charge in [0.1, 0.15) is 0 Å². The first-order valence-corrected chi connectivity index (χ1v) is 5.69. The molecule has 86 valence electrons. The summed E-state index contributed by atoms with van der Waals surface area (Å²) in [7, 11) is 1.87. The molecule has 1 saturated carbocycles. The number of aryl methyl sites for hydroxylation is 1. The fourth-order valence-electron chi connectivity index (χ4n) is 1.80. The van der Waals surface area contributed by atoms with E-state index in [9.17, 15) is 4.79 Å². The highest BCUT2D eigenvalue weighted by molar-refractivity contribution is 5.94. The summed E-state index contributed by atoms with van der Waals surface area (Å²) in [6.07, 6.45) is 2.52. The van der Waals surface area contributed by atoms with E-state index in [1.54, 1.807) is 12.1 Å². The van der Waals surface area contributed by atoms with E-state index in [1.165, 1.54) is 12.8 Å². The number of hydrogen-bond donors (Lipinski definition) is 1. The fraction of sp³-hybridized carbons (Fsp3) is 0.462. The van der Waals surface area contributed by atoms with Crippen molar-refractivity contribution in [2.24, 2.45) is 5.92 Å². The van der Waals surface area contributed by atoms with E-state index in [1.807, 2.05) is 24.9 Å². The monoisotopic (exact) mass is 218 g/mol. The van der Waals surface area contributed by atoms with Crippen LogP contribution in [0.1, 0.15) is 28.8 Å². The van der Waals surface area contributed by atoms with Crippen molar-refractivity contribution in [1.29, 1.82) is 0 Å². The Morgan fingerprint density at radius 3 is 2.75 bits per heavy atom. The van der Waals surface area contributed by atoms with Gasteiger partial charge >= 0.3 is 0 Å². The molecule has 0 unspecified atom stereocenters. The molecule has 0 aromatic heterocycles. The van der Waals surface area contributed by atoms with Crippen molar-refractivity contribution in [2.45, 2.75) is 19.8 Å². The molecule has 1 aliphatic rings. The van der Waals surface area contributed by atoms with Crippen molar-refractivity contribution in [3.05, 3.63) is 29.3 Å². The Kier molecular flexibility index (Phi) is 2.86. The van der Waals surface area contributed by atoms with Gasteiger partial charge in [0.2, 0.25) is 0 Å². The third kappa shape index (κ3) is 2.35. The van der Waals surface area contributed by atoms with Crippen molar-refractivity contribution in [2.75, 3.05) is 19.3 Å². The van der Waals surface area contributed by atoms with Crippen molar-refractivity contribution in [3.63, 3.8) is 0 Å². The number of carbonyl (C=O) groups excluding carboxylic acids is 1. The Hall–Kier alpha value is -1.51. The van der Waals surface area contributed by atoms with Gasteiger partial charge in [0.05, 0.1) is 0 Å². The number of benzene rings is 1. The zero-order chi connectivity index (χ0) is 11.7. The number of rotatable bonds is 3. The predicted octanol–water partition coefficient (Wildman–Crippen LogP) is 2.06. The topological polar surface area (TPSA) is 46.3 Å². The van der Waals surface area contributed by atoms with E-state index in [0.29, 0.717) is 0 Å². The minimum absolute atomic E-state index is 0.0926. The third-order valence-corrected chi connectivity index (χ3v) is 3.09. The lowest BCUT2D eigenvalue weighted by Gasteiger charge is -2.17. The molecule has 0 atom stereocenters. The fourth-order valence-corrected chi connectivity index (χ4v) is 1.80. The van der Waals surface area contributed by atoms with E-state index in [-0.39, 0.29) is 5.91 Å². The Balaban J connectivity index is 2.09. The van der Waals surface area contributed by atoms with Gasteiger partial charge in [0.15, 0.2) is 0 Å². The van der Waals surface area contributed by atoms with Crippen LogP contribution in [0.5, 0.6) is 0 Å². The highest BCUT2D eigenvalue weighted by atomic mass is 16.2. The smallest absolute Gasteiger partial charge is 0.253 e. The standard InChI is InChI=1S/C13H18N2O/c1-9-7-11(5-6-12(9)14)13(16)15(2)8-10-3-4-10/h5-7,10H,3-4,8,14H2,1-2H3. The normalized spacial score (nSPS) is 14.9. The molecule has 1 aromatic rings. The van der Waals surface area contributed by atoms with Crippen molar-refractivity contribution < 1.29 is 4.79 Å². The molecular formula is C13H18N2O. The Labute approximate surface area is 96.2 Å². The van der Waals surface area contributed by atoms with Crippen LogP contribution in [0.2, 0.25) is 0 Å². The average Bonchev–Trinajstić information content (AvgIpc) is 3.05. The summed E-state index contributed by atoms with van der Waals surface area (Å²) >= 11 is 0. The molecule has 0 spiro atoms. The van der Waals surface area contributed by atoms with Gasteiger partial charge in [-0.05, 0) is 49.4 Å². The van der Waals surface area contributed by atoms with Crippen LogP contribution in [0.15, 0.2) is 18.2 Å². The first-order chi connectivity index (χ1) is 7.58. The third-order valence-electron chi connectivity index (χ3n) is 3.09. The predicted molar refractivity (Wildman–Crippen MR) is 65.3 cm³/mol. The lowest BCUT2D eigenvalue weighted by Crippen LogP contribution is -2.28. The number of carbonyl (C=O) groups is 1. The van der Waals surface area contributed by atoms with Gasteiger partial charge in [-0.15, -0.1) is 0 Å². The van der Waals surface area contributed by atoms with Crippen LogP contribution in [0.25, 0.3) is 0 Å². The average molecular weight is 218 g/mol. The van der Waals surface area contributed by atoms with Gasteiger partial charge in [-0.2, -0.15) is 0 Å². The van der Waals surface area contributed by atoms with E-state index in [4.69, 9.17) is 5.73 Å². The quantitative estimate of drug-likeness (QED) is 0.789. The van der Waals surface area contributed by atoms with Crippen LogP contribution in [-0.2, 0) is 0 Å². The summed E-state index contributed by atoms with van der Waals surface area (Å²) in [5, 5.41) is 0. The Morgan fingerprint density at radius 1 is 1.50 bits per heavy atom. The first kappa shape index (κ1) is 11.0. The lowest BCUT2D eigenvalue weighted by atomic mass is 10.1. The number of amides is 1. The van der Waals surface area contributed by atoms with Crippen LogP contribution in [-0.4, -0.2) is 24.4 Å². The summed E-state index contributed by atoms with van der Waals surface area (Å²) in [6, 6.07) is 5.46. The minimum Gasteiger partial charge on any atom is -0.399 e. The molecule has 0 heterocycles. The largest absolute Gasteiger partial charge is 0.399 e. The van der Waals surface area contributed by atoms with E-state index >= 15 is 0 Å². The molecule has 0 radical (unpaired) electrons. The van der Waals surface area contributed by atoms with Gasteiger partial charge in [0, 0.05) is 24.8 Å².